The molecule has 2 nitrogen and oxygen atoms in total. The third-order valence-corrected chi connectivity index (χ3v) is 2.43. The quantitative estimate of drug-likeness (QED) is 0.594. The van der Waals surface area contributed by atoms with Crippen molar-refractivity contribution in [1.29, 1.82) is 0 Å². The molecule has 0 amide bonds. The van der Waals surface area contributed by atoms with Crippen molar-refractivity contribution in [1.82, 2.24) is 0 Å². The molecule has 0 unspecified atom stereocenters. The molecule has 0 atom stereocenters. The maximum absolute atomic E-state index is 13.4. The van der Waals surface area contributed by atoms with E-state index in [0.29, 0.717) is 17.6 Å². The number of hydrogen-bond acceptors (Lipinski definition) is 2. The lowest BCUT2D eigenvalue weighted by atomic mass is 9.96. The molecule has 92 valence electrons. The molecule has 17 heavy (non-hydrogen) atoms. The van der Waals surface area contributed by atoms with E-state index in [1.807, 2.05) is 0 Å². The number of methoxy groups -OCH3 is 1. The summed E-state index contributed by atoms with van der Waals surface area (Å²) in [4.78, 5) is 0. The number of halogens is 2. The Labute approximate surface area is 98.9 Å². The lowest BCUT2D eigenvalue weighted by Crippen LogP contribution is -1.98. The Hall–Kier alpha value is -1.84. The first-order valence-corrected chi connectivity index (χ1v) is 5.03. The highest BCUT2D eigenvalue weighted by Crippen LogP contribution is 2.28. The zero-order valence-corrected chi connectivity index (χ0v) is 9.59. The minimum Gasteiger partial charge on any atom is -0.509 e. The van der Waals surface area contributed by atoms with Gasteiger partial charge in [0, 0.05) is 6.42 Å². The second-order valence-electron chi connectivity index (χ2n) is 3.61. The number of hydrogen-bond donors (Lipinski definition) is 1. The van der Waals surface area contributed by atoms with Crippen LogP contribution in [0.4, 0.5) is 8.78 Å². The minimum absolute atomic E-state index is 0.110. The Kier molecular flexibility index (Phi) is 4.26. The van der Waals surface area contributed by atoms with Gasteiger partial charge < -0.3 is 9.84 Å². The highest BCUT2D eigenvalue weighted by atomic mass is 19.1. The highest BCUT2D eigenvalue weighted by Gasteiger charge is 2.14. The lowest BCUT2D eigenvalue weighted by molar-refractivity contribution is 0.285. The molecule has 0 saturated heterocycles. The first-order chi connectivity index (χ1) is 7.95. The number of ether oxygens (including phenoxy) is 1. The van der Waals surface area contributed by atoms with Crippen LogP contribution in [0.3, 0.4) is 0 Å². The van der Waals surface area contributed by atoms with Gasteiger partial charge in [0.1, 0.15) is 11.5 Å². The third kappa shape index (κ3) is 3.31. The first kappa shape index (κ1) is 13.2. The third-order valence-electron chi connectivity index (χ3n) is 2.43. The molecule has 0 spiro atoms. The van der Waals surface area contributed by atoms with Crippen molar-refractivity contribution < 1.29 is 18.6 Å². The van der Waals surface area contributed by atoms with Gasteiger partial charge in [-0.15, -0.1) is 0 Å². The van der Waals surface area contributed by atoms with Crippen LogP contribution >= 0.6 is 0 Å². The Morgan fingerprint density at radius 1 is 1.47 bits per heavy atom. The van der Waals surface area contributed by atoms with Crippen molar-refractivity contribution in [2.24, 2.45) is 0 Å². The van der Waals surface area contributed by atoms with E-state index in [2.05, 4.69) is 17.9 Å². The summed E-state index contributed by atoms with van der Waals surface area (Å²) in [6.07, 6.45) is 2.90. The summed E-state index contributed by atoms with van der Waals surface area (Å²) in [7, 11) is 1.30. The predicted octanol–water partition coefficient (Wildman–Crippen LogP) is 4.02. The summed E-state index contributed by atoms with van der Waals surface area (Å²) in [6, 6.07) is 0. The molecule has 0 bridgehead atoms. The summed E-state index contributed by atoms with van der Waals surface area (Å²) >= 11 is 0. The van der Waals surface area contributed by atoms with Gasteiger partial charge >= 0.3 is 0 Å². The minimum atomic E-state index is -0.702. The van der Waals surface area contributed by atoms with Gasteiger partial charge in [-0.2, -0.15) is 0 Å². The van der Waals surface area contributed by atoms with Gasteiger partial charge in [0.25, 0.3) is 0 Å². The van der Waals surface area contributed by atoms with Crippen molar-refractivity contribution in [3.05, 3.63) is 59.6 Å². The van der Waals surface area contributed by atoms with Crippen molar-refractivity contribution >= 4 is 0 Å². The van der Waals surface area contributed by atoms with Crippen LogP contribution in [0, 0.1) is 0 Å². The maximum atomic E-state index is 13.4. The Bertz CT molecular complexity index is 442. The van der Waals surface area contributed by atoms with Gasteiger partial charge in [0.2, 0.25) is 0 Å². The van der Waals surface area contributed by atoms with Crippen molar-refractivity contribution in [2.75, 3.05) is 7.11 Å². The Morgan fingerprint density at radius 3 is 2.65 bits per heavy atom. The van der Waals surface area contributed by atoms with E-state index in [1.165, 1.54) is 7.11 Å². The summed E-state index contributed by atoms with van der Waals surface area (Å²) in [5.74, 6) is -1.75. The molecule has 0 aliphatic heterocycles. The average molecular weight is 240 g/mol. The van der Waals surface area contributed by atoms with Crippen LogP contribution in [-0.2, 0) is 4.74 Å². The van der Waals surface area contributed by atoms with E-state index < -0.39 is 11.7 Å². The van der Waals surface area contributed by atoms with Crippen LogP contribution in [0.5, 0.6) is 0 Å². The zero-order valence-electron chi connectivity index (χ0n) is 9.59. The standard InChI is InChI=1S/C13H14F2O2/c1-8(6-11(14)9(2)17-3)10-4-5-13(16)12(15)7-10/h6-7,16H,1-2,4-5H2,3H3/b11-6+. The summed E-state index contributed by atoms with van der Waals surface area (Å²) < 4.78 is 31.1. The van der Waals surface area contributed by atoms with Crippen molar-refractivity contribution in [3.63, 3.8) is 0 Å². The molecule has 0 radical (unpaired) electrons. The lowest BCUT2D eigenvalue weighted by Gasteiger charge is -2.13. The maximum Gasteiger partial charge on any atom is 0.165 e. The van der Waals surface area contributed by atoms with E-state index in [4.69, 9.17) is 5.11 Å². The molecule has 0 aromatic carbocycles. The van der Waals surface area contributed by atoms with Crippen molar-refractivity contribution in [2.45, 2.75) is 12.8 Å². The van der Waals surface area contributed by atoms with E-state index in [9.17, 15) is 8.78 Å². The highest BCUT2D eigenvalue weighted by molar-refractivity contribution is 5.45. The molecule has 0 aromatic rings. The molecule has 1 aliphatic rings. The molecule has 0 heterocycles. The number of allylic oxidation sites excluding steroid dienone is 7. The summed E-state index contributed by atoms with van der Waals surface area (Å²) in [6.45, 7) is 6.99. The van der Waals surface area contributed by atoms with Crippen LogP contribution in [0.25, 0.3) is 0 Å². The normalized spacial score (nSPS) is 16.6. The molecule has 1 N–H and O–H groups in total. The Balaban J connectivity index is 2.86. The molecule has 0 saturated carbocycles. The van der Waals surface area contributed by atoms with E-state index in [1.54, 1.807) is 0 Å². The topological polar surface area (TPSA) is 29.5 Å². The zero-order chi connectivity index (χ0) is 13.0. The van der Waals surface area contributed by atoms with Crippen LogP contribution in [0.1, 0.15) is 12.8 Å². The van der Waals surface area contributed by atoms with Gasteiger partial charge in [0.05, 0.1) is 7.11 Å². The molecule has 1 rings (SSSR count). The SMILES string of the molecule is C=C(/C=C(/F)C(=C)OC)C1=CC(F)=C(O)CC1. The molecule has 1 aliphatic carbocycles. The summed E-state index contributed by atoms with van der Waals surface area (Å²) in [5, 5.41) is 9.09. The van der Waals surface area contributed by atoms with Crippen LogP contribution in [-0.4, -0.2) is 12.2 Å². The second-order valence-corrected chi connectivity index (χ2v) is 3.61. The van der Waals surface area contributed by atoms with Gasteiger partial charge in [-0.1, -0.05) is 13.2 Å². The molecule has 4 heteroatoms. The first-order valence-electron chi connectivity index (χ1n) is 5.03. The van der Waals surface area contributed by atoms with E-state index in [-0.39, 0.29) is 17.9 Å². The largest absolute Gasteiger partial charge is 0.509 e. The fourth-order valence-electron chi connectivity index (χ4n) is 1.36. The fraction of sp³-hybridized carbons (Fsp3) is 0.231. The predicted molar refractivity (Wildman–Crippen MR) is 62.6 cm³/mol. The Morgan fingerprint density at radius 2 is 2.12 bits per heavy atom. The molecular weight excluding hydrogens is 226 g/mol. The average Bonchev–Trinajstić information content (AvgIpc) is 2.31. The molecule has 0 aromatic heterocycles. The van der Waals surface area contributed by atoms with Gasteiger partial charge in [-0.3, -0.25) is 0 Å². The second kappa shape index (κ2) is 5.48. The van der Waals surface area contributed by atoms with Crippen LogP contribution < -0.4 is 0 Å². The van der Waals surface area contributed by atoms with Crippen molar-refractivity contribution in [3.8, 4) is 0 Å². The number of aliphatic hydroxyl groups is 1. The van der Waals surface area contributed by atoms with Crippen LogP contribution in [0.2, 0.25) is 0 Å². The van der Waals surface area contributed by atoms with Gasteiger partial charge in [0.15, 0.2) is 11.7 Å². The van der Waals surface area contributed by atoms with Gasteiger partial charge in [-0.25, -0.2) is 8.78 Å². The summed E-state index contributed by atoms with van der Waals surface area (Å²) in [5.41, 5.74) is 0.878. The fourth-order valence-corrected chi connectivity index (χ4v) is 1.36. The number of aliphatic hydroxyl groups excluding tert-OH is 1. The smallest absolute Gasteiger partial charge is 0.165 e. The monoisotopic (exact) mass is 240 g/mol. The molecule has 0 fully saturated rings. The van der Waals surface area contributed by atoms with Crippen LogP contribution in [0.15, 0.2) is 59.6 Å². The number of rotatable bonds is 4. The van der Waals surface area contributed by atoms with E-state index >= 15 is 0 Å². The van der Waals surface area contributed by atoms with E-state index in [0.717, 1.165) is 12.2 Å². The molecular formula is C13H14F2O2. The van der Waals surface area contributed by atoms with Gasteiger partial charge in [-0.05, 0) is 29.7 Å².